The molecule has 0 aliphatic carbocycles. The molecule has 9 rings (SSSR count). The highest BCUT2D eigenvalue weighted by Crippen LogP contribution is 2.38. The Morgan fingerprint density at radius 2 is 1.07 bits per heavy atom. The van der Waals surface area contributed by atoms with E-state index in [0.29, 0.717) is 0 Å². The standard InChI is InChI=1S/C40H26N2/c1-2-12-33(13-3-1)42-39-16-7-6-15-35(39)36-19-20-38-37(40(36)42)21-22-41(38)34-14-8-11-29(26-34)30-17-18-31-23-27-9-4-5-10-28(27)24-32(31)25-30/h1-26H. The number of hydrogen-bond acceptors (Lipinski definition) is 0. The van der Waals surface area contributed by atoms with Gasteiger partial charge in [-0.1, -0.05) is 91.0 Å². The molecule has 0 fully saturated rings. The zero-order chi connectivity index (χ0) is 27.6. The Morgan fingerprint density at radius 3 is 1.95 bits per heavy atom. The Morgan fingerprint density at radius 1 is 0.357 bits per heavy atom. The van der Waals surface area contributed by atoms with E-state index in [1.807, 2.05) is 0 Å². The molecular weight excluding hydrogens is 508 g/mol. The van der Waals surface area contributed by atoms with E-state index >= 15 is 0 Å². The van der Waals surface area contributed by atoms with Crippen molar-refractivity contribution in [1.29, 1.82) is 0 Å². The summed E-state index contributed by atoms with van der Waals surface area (Å²) in [5.74, 6) is 0. The molecule has 0 bridgehead atoms. The molecule has 0 atom stereocenters. The number of hydrogen-bond donors (Lipinski definition) is 0. The summed E-state index contributed by atoms with van der Waals surface area (Å²) in [6, 6.07) is 55.1. The van der Waals surface area contributed by atoms with Gasteiger partial charge >= 0.3 is 0 Å². The Labute approximate surface area is 243 Å². The van der Waals surface area contributed by atoms with Crippen molar-refractivity contribution in [3.05, 3.63) is 158 Å². The Kier molecular flexibility index (Phi) is 4.93. The van der Waals surface area contributed by atoms with Crippen LogP contribution in [0.25, 0.3) is 76.8 Å². The van der Waals surface area contributed by atoms with Crippen LogP contribution in [0.4, 0.5) is 0 Å². The van der Waals surface area contributed by atoms with E-state index in [1.54, 1.807) is 0 Å². The maximum absolute atomic E-state index is 2.41. The molecule has 0 spiro atoms. The van der Waals surface area contributed by atoms with Crippen LogP contribution in [0.2, 0.25) is 0 Å². The van der Waals surface area contributed by atoms with Crippen LogP contribution < -0.4 is 0 Å². The van der Waals surface area contributed by atoms with Crippen molar-refractivity contribution in [2.24, 2.45) is 0 Å². The van der Waals surface area contributed by atoms with Crippen LogP contribution in [0.1, 0.15) is 0 Å². The van der Waals surface area contributed by atoms with Gasteiger partial charge in [0, 0.05) is 33.7 Å². The lowest BCUT2D eigenvalue weighted by Gasteiger charge is -2.11. The van der Waals surface area contributed by atoms with E-state index in [9.17, 15) is 0 Å². The molecule has 0 N–H and O–H groups in total. The SMILES string of the molecule is c1ccc(-n2c3ccccc3c3ccc4c(ccn4-c4cccc(-c5ccc6cc7ccccc7cc6c5)c4)c32)cc1. The number of aromatic nitrogens is 2. The molecule has 0 saturated carbocycles. The minimum absolute atomic E-state index is 1.16. The summed E-state index contributed by atoms with van der Waals surface area (Å²) in [7, 11) is 0. The van der Waals surface area contributed by atoms with E-state index in [4.69, 9.17) is 0 Å². The first-order valence-corrected chi connectivity index (χ1v) is 14.4. The third-order valence-electron chi connectivity index (χ3n) is 8.68. The summed E-state index contributed by atoms with van der Waals surface area (Å²) in [6.07, 6.45) is 2.21. The molecule has 0 aliphatic rings. The highest BCUT2D eigenvalue weighted by molar-refractivity contribution is 6.18. The van der Waals surface area contributed by atoms with Crippen molar-refractivity contribution in [3.8, 4) is 22.5 Å². The number of rotatable bonds is 3. The maximum Gasteiger partial charge on any atom is 0.0635 e. The second kappa shape index (κ2) is 8.95. The fraction of sp³-hybridized carbons (Fsp3) is 0. The fourth-order valence-electron chi connectivity index (χ4n) is 6.70. The van der Waals surface area contributed by atoms with E-state index in [2.05, 4.69) is 167 Å². The van der Waals surface area contributed by atoms with E-state index < -0.39 is 0 Å². The first-order chi connectivity index (χ1) is 20.8. The van der Waals surface area contributed by atoms with Crippen LogP contribution in [0, 0.1) is 0 Å². The maximum atomic E-state index is 2.41. The van der Waals surface area contributed by atoms with Gasteiger partial charge in [-0.2, -0.15) is 0 Å². The van der Waals surface area contributed by atoms with Gasteiger partial charge in [0.2, 0.25) is 0 Å². The molecule has 7 aromatic carbocycles. The molecule has 0 saturated heterocycles. The van der Waals surface area contributed by atoms with Gasteiger partial charge in [0.15, 0.2) is 0 Å². The second-order valence-corrected chi connectivity index (χ2v) is 11.1. The Hall–Kier alpha value is -5.60. The number of para-hydroxylation sites is 2. The first-order valence-electron chi connectivity index (χ1n) is 14.4. The van der Waals surface area contributed by atoms with Crippen LogP contribution in [-0.4, -0.2) is 9.13 Å². The third-order valence-corrected chi connectivity index (χ3v) is 8.68. The predicted molar refractivity (Wildman–Crippen MR) is 178 cm³/mol. The lowest BCUT2D eigenvalue weighted by molar-refractivity contribution is 1.13. The van der Waals surface area contributed by atoms with Gasteiger partial charge in [0.1, 0.15) is 0 Å². The topological polar surface area (TPSA) is 9.86 Å². The molecule has 0 amide bonds. The van der Waals surface area contributed by atoms with Gasteiger partial charge in [-0.15, -0.1) is 0 Å². The molecule has 0 radical (unpaired) electrons. The summed E-state index contributed by atoms with van der Waals surface area (Å²) < 4.78 is 4.73. The van der Waals surface area contributed by atoms with Crippen LogP contribution in [0.3, 0.4) is 0 Å². The highest BCUT2D eigenvalue weighted by Gasteiger charge is 2.16. The molecule has 2 aromatic heterocycles. The highest BCUT2D eigenvalue weighted by atomic mass is 15.0. The van der Waals surface area contributed by atoms with Crippen molar-refractivity contribution >= 4 is 54.3 Å². The second-order valence-electron chi connectivity index (χ2n) is 11.1. The largest absolute Gasteiger partial charge is 0.316 e. The van der Waals surface area contributed by atoms with E-state index in [0.717, 1.165) is 5.69 Å². The van der Waals surface area contributed by atoms with Crippen LogP contribution in [0.5, 0.6) is 0 Å². The minimum atomic E-state index is 1.16. The Bertz CT molecular complexity index is 2460. The van der Waals surface area contributed by atoms with Gasteiger partial charge in [0.05, 0.1) is 16.6 Å². The molecule has 2 heteroatoms. The van der Waals surface area contributed by atoms with Gasteiger partial charge in [-0.3, -0.25) is 0 Å². The average Bonchev–Trinajstić information content (AvgIpc) is 3.63. The van der Waals surface area contributed by atoms with Crippen LogP contribution in [0.15, 0.2) is 158 Å². The quantitative estimate of drug-likeness (QED) is 0.200. The minimum Gasteiger partial charge on any atom is -0.316 e. The number of fused-ring (bicyclic) bond motifs is 7. The summed E-state index contributed by atoms with van der Waals surface area (Å²) in [5, 5.41) is 8.88. The van der Waals surface area contributed by atoms with Crippen molar-refractivity contribution in [2.75, 3.05) is 0 Å². The zero-order valence-electron chi connectivity index (χ0n) is 22.9. The van der Waals surface area contributed by atoms with Crippen molar-refractivity contribution < 1.29 is 0 Å². The lowest BCUT2D eigenvalue weighted by atomic mass is 9.98. The first kappa shape index (κ1) is 23.1. The summed E-state index contributed by atoms with van der Waals surface area (Å²) in [5.41, 5.74) is 8.44. The number of nitrogens with zero attached hydrogens (tertiary/aromatic N) is 2. The van der Waals surface area contributed by atoms with E-state index in [1.165, 1.54) is 71.1 Å². The zero-order valence-corrected chi connectivity index (χ0v) is 22.9. The third kappa shape index (κ3) is 3.45. The number of benzene rings is 7. The molecule has 9 aromatic rings. The molecule has 196 valence electrons. The van der Waals surface area contributed by atoms with Crippen molar-refractivity contribution in [2.45, 2.75) is 0 Å². The summed E-state index contributed by atoms with van der Waals surface area (Å²) in [6.45, 7) is 0. The predicted octanol–water partition coefficient (Wildman–Crippen LogP) is 10.7. The van der Waals surface area contributed by atoms with E-state index in [-0.39, 0.29) is 0 Å². The fourth-order valence-corrected chi connectivity index (χ4v) is 6.70. The molecule has 2 nitrogen and oxygen atoms in total. The monoisotopic (exact) mass is 534 g/mol. The summed E-state index contributed by atoms with van der Waals surface area (Å²) in [4.78, 5) is 0. The van der Waals surface area contributed by atoms with Gasteiger partial charge in [-0.05, 0) is 93.3 Å². The average molecular weight is 535 g/mol. The van der Waals surface area contributed by atoms with Gasteiger partial charge in [0.25, 0.3) is 0 Å². The van der Waals surface area contributed by atoms with Crippen LogP contribution >= 0.6 is 0 Å². The van der Waals surface area contributed by atoms with Crippen LogP contribution in [-0.2, 0) is 0 Å². The summed E-state index contributed by atoms with van der Waals surface area (Å²) >= 11 is 0. The molecule has 0 aliphatic heterocycles. The smallest absolute Gasteiger partial charge is 0.0635 e. The molecule has 42 heavy (non-hydrogen) atoms. The normalized spacial score (nSPS) is 11.8. The Balaban J connectivity index is 1.22. The van der Waals surface area contributed by atoms with Gasteiger partial charge in [-0.25, -0.2) is 0 Å². The lowest BCUT2D eigenvalue weighted by Crippen LogP contribution is -1.95. The van der Waals surface area contributed by atoms with Crippen molar-refractivity contribution in [1.82, 2.24) is 9.13 Å². The molecular formula is C40H26N2. The molecule has 0 unspecified atom stereocenters. The molecule has 2 heterocycles. The van der Waals surface area contributed by atoms with Gasteiger partial charge < -0.3 is 9.13 Å². The van der Waals surface area contributed by atoms with Crippen molar-refractivity contribution in [3.63, 3.8) is 0 Å².